The molecule has 41 heavy (non-hydrogen) atoms. The second-order valence-electron chi connectivity index (χ2n) is 10.4. The average Bonchev–Trinajstić information content (AvgIpc) is 2.98. The number of aromatic nitrogens is 1. The smallest absolute Gasteiger partial charge is 0.220 e. The van der Waals surface area contributed by atoms with Crippen LogP contribution in [0.25, 0.3) is 10.9 Å². The number of pyridine rings is 1. The topological polar surface area (TPSA) is 92.6 Å². The maximum atomic E-state index is 10.7. The summed E-state index contributed by atoms with van der Waals surface area (Å²) in [5.41, 5.74) is 1.29. The van der Waals surface area contributed by atoms with Gasteiger partial charge in [-0.05, 0) is 84.2 Å². The number of fused-ring (bicyclic) bond motifs is 1. The highest BCUT2D eigenvalue weighted by molar-refractivity contribution is 7.80. The van der Waals surface area contributed by atoms with Crippen molar-refractivity contribution in [3.63, 3.8) is 0 Å². The van der Waals surface area contributed by atoms with Gasteiger partial charge in [0.05, 0.1) is 16.8 Å². The minimum Gasteiger partial charge on any atom is -0.363 e. The molecule has 1 atom stereocenters. The lowest BCUT2D eigenvalue weighted by Crippen LogP contribution is -2.49. The first-order valence-corrected chi connectivity index (χ1v) is 15.2. The van der Waals surface area contributed by atoms with Crippen LogP contribution >= 0.6 is 12.2 Å². The van der Waals surface area contributed by atoms with E-state index in [0.29, 0.717) is 47.1 Å². The van der Waals surface area contributed by atoms with Crippen LogP contribution in [0, 0.1) is 17.2 Å². The van der Waals surface area contributed by atoms with Crippen LogP contribution in [0.15, 0.2) is 30.5 Å². The van der Waals surface area contributed by atoms with E-state index in [4.69, 9.17) is 17.5 Å². The van der Waals surface area contributed by atoms with Gasteiger partial charge >= 0.3 is 0 Å². The number of nitriles is 1. The van der Waals surface area contributed by atoms with Gasteiger partial charge in [-0.1, -0.05) is 52.9 Å². The molecule has 1 N–H and O–H groups in total. The van der Waals surface area contributed by atoms with E-state index in [1.54, 1.807) is 24.4 Å². The molecule has 228 valence electrons. The third kappa shape index (κ3) is 13.4. The minimum atomic E-state index is 0.404. The van der Waals surface area contributed by atoms with Crippen molar-refractivity contribution in [3.8, 4) is 6.07 Å². The molecule has 0 spiro atoms. The number of hydrogen-bond acceptors (Lipinski definition) is 6. The van der Waals surface area contributed by atoms with Gasteiger partial charge in [0.1, 0.15) is 6.07 Å². The first-order chi connectivity index (χ1) is 19.6. The quantitative estimate of drug-likeness (QED) is 0.282. The summed E-state index contributed by atoms with van der Waals surface area (Å²) in [6.45, 7) is 16.8. The largest absolute Gasteiger partial charge is 0.363 e. The van der Waals surface area contributed by atoms with E-state index in [1.165, 1.54) is 38.2 Å². The highest BCUT2D eigenvalue weighted by Gasteiger charge is 2.17. The molecule has 9 heteroatoms. The normalized spacial score (nSPS) is 13.2. The molecule has 2 aromatic rings. The summed E-state index contributed by atoms with van der Waals surface area (Å²) in [5.74, 6) is 1.04. The summed E-state index contributed by atoms with van der Waals surface area (Å²) in [4.78, 5) is 30.9. The van der Waals surface area contributed by atoms with Crippen molar-refractivity contribution in [3.05, 3.63) is 36.0 Å². The van der Waals surface area contributed by atoms with E-state index in [2.05, 4.69) is 68.8 Å². The zero-order chi connectivity index (χ0) is 31.4. The summed E-state index contributed by atoms with van der Waals surface area (Å²) >= 11 is 5.35. The summed E-state index contributed by atoms with van der Waals surface area (Å²) in [5, 5.41) is 13.6. The van der Waals surface area contributed by atoms with Crippen molar-refractivity contribution in [1.29, 1.82) is 5.26 Å². The molecule has 1 fully saturated rings. The van der Waals surface area contributed by atoms with Crippen LogP contribution in [0.2, 0.25) is 0 Å². The minimum absolute atomic E-state index is 0.404. The molecule has 1 saturated carbocycles. The molecule has 1 aromatic heterocycles. The summed E-state index contributed by atoms with van der Waals surface area (Å²) in [6, 6.07) is 9.43. The van der Waals surface area contributed by atoms with Crippen LogP contribution < -0.4 is 10.2 Å². The Labute approximate surface area is 254 Å². The van der Waals surface area contributed by atoms with Crippen LogP contribution in [-0.4, -0.2) is 72.0 Å². The van der Waals surface area contributed by atoms with Crippen LogP contribution in [0.1, 0.15) is 86.1 Å². The molecule has 2 amide bonds. The van der Waals surface area contributed by atoms with E-state index in [1.807, 2.05) is 19.9 Å². The Bertz CT molecular complexity index is 1070. The SMILES string of the molecule is CC.CC1CCCCC1.CCNC(=S)N(C[C@@H](C)N(C)C)C(C)C.N#Cc1ccc(N(C=O)C=O)c2cccnc12. The molecule has 1 aliphatic rings. The third-order valence-electron chi connectivity index (χ3n) is 6.82. The standard InChI is InChI=1S/C12H7N3O2.C11H25N3S.C7H14.C2H6/c13-6-9-3-4-11(15(7-16)8-17)10-2-1-5-14-12(9)10;1-7-12-11(15)14(9(2)3)8-10(4)13(5)6;1-7-5-3-2-4-6-7;1-2/h1-5,7-8H;9-10H,7-8H2,1-6H3,(H,12,15);7H,2-6H2,1H3;1-2H3/t;10-;;/m.1../s1. The van der Waals surface area contributed by atoms with Crippen molar-refractivity contribution in [2.24, 2.45) is 5.92 Å². The zero-order valence-corrected chi connectivity index (χ0v) is 27.5. The Kier molecular flexibility index (Phi) is 20.0. The Balaban J connectivity index is 0.000000608. The van der Waals surface area contributed by atoms with Crippen molar-refractivity contribution in [2.75, 3.05) is 32.1 Å². The predicted octanol–water partition coefficient (Wildman–Crippen LogP) is 6.38. The van der Waals surface area contributed by atoms with E-state index in [-0.39, 0.29) is 0 Å². The van der Waals surface area contributed by atoms with Crippen LogP contribution in [0.4, 0.5) is 5.69 Å². The number of nitrogens with zero attached hydrogens (tertiary/aromatic N) is 5. The number of hydrogen-bond donors (Lipinski definition) is 1. The number of benzene rings is 1. The number of nitrogens with one attached hydrogen (secondary N) is 1. The molecule has 1 heterocycles. The van der Waals surface area contributed by atoms with Gasteiger partial charge in [-0.3, -0.25) is 19.5 Å². The molecule has 3 rings (SSSR count). The highest BCUT2D eigenvalue weighted by Crippen LogP contribution is 2.26. The van der Waals surface area contributed by atoms with Gasteiger partial charge in [0, 0.05) is 36.8 Å². The lowest BCUT2D eigenvalue weighted by molar-refractivity contribution is -0.113. The van der Waals surface area contributed by atoms with Gasteiger partial charge in [-0.2, -0.15) is 5.26 Å². The molecule has 8 nitrogen and oxygen atoms in total. The number of carbonyl (C=O) groups excluding carboxylic acids is 2. The Morgan fingerprint density at radius 2 is 1.73 bits per heavy atom. The van der Waals surface area contributed by atoms with Gasteiger partial charge in [0.2, 0.25) is 12.8 Å². The van der Waals surface area contributed by atoms with E-state index < -0.39 is 0 Å². The van der Waals surface area contributed by atoms with Gasteiger partial charge in [0.15, 0.2) is 5.11 Å². The maximum absolute atomic E-state index is 10.7. The fraction of sp³-hybridized carbons (Fsp3) is 0.594. The lowest BCUT2D eigenvalue weighted by Gasteiger charge is -2.34. The van der Waals surface area contributed by atoms with Gasteiger partial charge in [-0.15, -0.1) is 0 Å². The molecular formula is C32H52N6O2S. The van der Waals surface area contributed by atoms with Gasteiger partial charge in [0.25, 0.3) is 0 Å². The van der Waals surface area contributed by atoms with Crippen LogP contribution in [0.5, 0.6) is 0 Å². The van der Waals surface area contributed by atoms with E-state index in [9.17, 15) is 9.59 Å². The molecule has 0 saturated heterocycles. The van der Waals surface area contributed by atoms with Gasteiger partial charge < -0.3 is 15.1 Å². The van der Waals surface area contributed by atoms with Crippen molar-refractivity contribution < 1.29 is 9.59 Å². The fourth-order valence-corrected chi connectivity index (χ4v) is 4.58. The van der Waals surface area contributed by atoms with Crippen molar-refractivity contribution in [2.45, 2.75) is 92.7 Å². The Morgan fingerprint density at radius 3 is 2.17 bits per heavy atom. The second-order valence-corrected chi connectivity index (χ2v) is 10.8. The number of amides is 2. The van der Waals surface area contributed by atoms with Crippen LogP contribution in [0.3, 0.4) is 0 Å². The Hall–Kier alpha value is -3.09. The average molecular weight is 585 g/mol. The van der Waals surface area contributed by atoms with Crippen LogP contribution in [-0.2, 0) is 9.59 Å². The molecule has 0 unspecified atom stereocenters. The third-order valence-corrected chi connectivity index (χ3v) is 7.20. The van der Waals surface area contributed by atoms with Gasteiger partial charge in [-0.25, -0.2) is 0 Å². The Morgan fingerprint density at radius 1 is 1.12 bits per heavy atom. The first-order valence-electron chi connectivity index (χ1n) is 14.8. The van der Waals surface area contributed by atoms with E-state index in [0.717, 1.165) is 29.0 Å². The first kappa shape index (κ1) is 37.9. The number of carbonyl (C=O) groups is 2. The number of rotatable bonds is 8. The lowest BCUT2D eigenvalue weighted by atomic mass is 9.91. The summed E-state index contributed by atoms with van der Waals surface area (Å²) < 4.78 is 0. The number of likely N-dealkylation sites (N-methyl/N-ethyl adjacent to an activating group) is 1. The monoisotopic (exact) mass is 584 g/mol. The van der Waals surface area contributed by atoms with Crippen molar-refractivity contribution >= 4 is 46.7 Å². The predicted molar refractivity (Wildman–Crippen MR) is 176 cm³/mol. The fourth-order valence-electron chi connectivity index (χ4n) is 4.15. The molecule has 0 radical (unpaired) electrons. The molecular weight excluding hydrogens is 532 g/mol. The second kappa shape index (κ2) is 21.6. The number of imide groups is 1. The maximum Gasteiger partial charge on any atom is 0.220 e. The summed E-state index contributed by atoms with van der Waals surface area (Å²) in [7, 11) is 4.19. The number of thiocarbonyl (C=S) groups is 1. The highest BCUT2D eigenvalue weighted by atomic mass is 32.1. The van der Waals surface area contributed by atoms with Crippen molar-refractivity contribution in [1.82, 2.24) is 20.1 Å². The molecule has 0 bridgehead atoms. The molecule has 1 aromatic carbocycles. The van der Waals surface area contributed by atoms with E-state index >= 15 is 0 Å². The number of anilines is 1. The zero-order valence-electron chi connectivity index (χ0n) is 26.7. The molecule has 1 aliphatic carbocycles. The molecule has 0 aliphatic heterocycles. The summed E-state index contributed by atoms with van der Waals surface area (Å²) in [6.07, 6.45) is 9.83.